The fourth-order valence-electron chi connectivity index (χ4n) is 20.6. The molecular weight excluding hydrogens is 1660 g/mol. The van der Waals surface area contributed by atoms with Gasteiger partial charge in [0, 0.05) is 111 Å². The van der Waals surface area contributed by atoms with Crippen LogP contribution in [0.2, 0.25) is 0 Å². The molecule has 3 aliphatic heterocycles. The van der Waals surface area contributed by atoms with E-state index in [1.165, 1.54) is 63.2 Å². The average Bonchev–Trinajstić information content (AvgIpc) is 1.43. The van der Waals surface area contributed by atoms with Crippen molar-refractivity contribution in [3.05, 3.63) is 465 Å². The average molecular weight is 1740 g/mol. The van der Waals surface area contributed by atoms with Crippen LogP contribution >= 0.6 is 0 Å². The monoisotopic (exact) mass is 1740 g/mol. The summed E-state index contributed by atoms with van der Waals surface area (Å²) in [5.74, 6) is 4.74. The van der Waals surface area contributed by atoms with E-state index in [1.807, 2.05) is 146 Å². The molecule has 638 valence electrons. The molecule has 0 radical (unpaired) electrons. The van der Waals surface area contributed by atoms with Gasteiger partial charge in [-0.05, 0) is 265 Å². The third kappa shape index (κ3) is 13.5. The number of para-hydroxylation sites is 6. The zero-order chi connectivity index (χ0) is 90.1. The number of ether oxygens (including phenoxy) is 3. The topological polar surface area (TPSA) is 87.5 Å². The Bertz CT molecular complexity index is 8780. The second-order valence-corrected chi connectivity index (χ2v) is 35.0. The molecule has 0 saturated heterocycles. The van der Waals surface area contributed by atoms with Crippen LogP contribution in [0.15, 0.2) is 446 Å². The molecule has 0 saturated carbocycles. The Kier molecular flexibility index (Phi) is 18.8. The van der Waals surface area contributed by atoms with Crippen molar-refractivity contribution in [3.8, 4) is 118 Å². The molecular formula is C124H78F2N4O5. The summed E-state index contributed by atoms with van der Waals surface area (Å²) in [7, 11) is 0. The van der Waals surface area contributed by atoms with Gasteiger partial charge in [0.25, 0.3) is 0 Å². The van der Waals surface area contributed by atoms with Crippen LogP contribution in [0.1, 0.15) is 30.5 Å². The standard InChI is InChI=1S/C46H28FNO2.C40H24FNO2.C38H26N2O/c47-32-18-12-29(13-19-32)30-14-20-33(21-15-30)48(35-24-25-39-37-6-1-3-9-42(37)50-45(39)28-35)34-22-16-31(17-23-34)36-26-27-41-38-7-2-4-10-43(38)49-44-11-5-8-40(36)46(41)44;41-26-17-21-28(22-18-26)42(35-11-5-10-34-31-8-2-4-13-37(31)44-40(34)35)27-19-15-25(16-20-27)29-23-24-33-30-7-1-3-12-36(30)43-38-14-6-9-32(29)39(33)38;1-38(2)32-11-5-3-8-27(32)28-19-18-26(22-33(28)38)40(25-16-14-24(23-39)15-17-25)34-21-20-30-29-9-4-6-12-35(29)41-36-13-7-10-31(34)37(30)36/h1-28H;1-24H;3-22H,1-2H3. The summed E-state index contributed by atoms with van der Waals surface area (Å²) in [5, 5.41) is 20.6. The first-order chi connectivity index (χ1) is 66.4. The molecule has 0 atom stereocenters. The van der Waals surface area contributed by atoms with Crippen LogP contribution in [0.25, 0.3) is 154 Å². The van der Waals surface area contributed by atoms with E-state index in [0.717, 1.165) is 212 Å². The fourth-order valence-corrected chi connectivity index (χ4v) is 20.6. The summed E-state index contributed by atoms with van der Waals surface area (Å²) in [5.41, 5.74) is 31.2. The Morgan fingerprint density at radius 3 is 1.15 bits per heavy atom. The molecule has 0 N–H and O–H groups in total. The van der Waals surface area contributed by atoms with Crippen LogP contribution in [-0.2, 0) is 5.41 Å². The number of nitrogens with zero attached hydrogens (tertiary/aromatic N) is 4. The highest BCUT2D eigenvalue weighted by Crippen LogP contribution is 2.57. The molecule has 1 aliphatic carbocycles. The summed E-state index contributed by atoms with van der Waals surface area (Å²) in [4.78, 5) is 6.67. The molecule has 2 aromatic heterocycles. The number of fused-ring (bicyclic) bond motifs is 15. The fraction of sp³-hybridized carbons (Fsp3) is 0.0242. The van der Waals surface area contributed by atoms with Gasteiger partial charge in [-0.2, -0.15) is 5.26 Å². The number of anilines is 9. The SMILES string of the molecule is CC1(C)c2ccccc2-c2ccc(N(c3ccc(C#N)cc3)c3ccc4c5c(cccc35)Oc3ccccc3-4)cc21.Fc1ccc(-c2ccc(N(c3ccc(-c4ccc5c6c(cccc46)Oc4ccccc4-5)cc3)c3ccc4c(c3)oc3ccccc34)cc2)cc1.Fc1ccc(N(c2ccc(-c3ccc4c5c(cccc35)Oc3ccccc3-4)cc2)c2cccc3c2oc2ccccc23)cc1. The molecule has 0 unspecified atom stereocenters. The molecule has 0 spiro atoms. The Morgan fingerprint density at radius 2 is 0.593 bits per heavy atom. The van der Waals surface area contributed by atoms with E-state index >= 15 is 0 Å². The normalized spacial score (nSPS) is 12.4. The van der Waals surface area contributed by atoms with E-state index in [0.29, 0.717) is 5.56 Å². The lowest BCUT2D eigenvalue weighted by Gasteiger charge is -2.30. The van der Waals surface area contributed by atoms with Crippen molar-refractivity contribution in [3.63, 3.8) is 0 Å². The molecule has 21 aromatic carbocycles. The van der Waals surface area contributed by atoms with Gasteiger partial charge in [0.2, 0.25) is 0 Å². The van der Waals surface area contributed by atoms with E-state index in [2.05, 4.69) is 289 Å². The van der Waals surface area contributed by atoms with E-state index in [4.69, 9.17) is 23.0 Å². The van der Waals surface area contributed by atoms with Crippen molar-refractivity contribution >= 4 is 127 Å². The smallest absolute Gasteiger partial charge is 0.159 e. The van der Waals surface area contributed by atoms with Gasteiger partial charge in [0.15, 0.2) is 5.58 Å². The number of halogens is 2. The van der Waals surface area contributed by atoms with Gasteiger partial charge in [-0.15, -0.1) is 0 Å². The summed E-state index contributed by atoms with van der Waals surface area (Å²) in [6.45, 7) is 4.62. The zero-order valence-electron chi connectivity index (χ0n) is 73.2. The Morgan fingerprint density at radius 1 is 0.237 bits per heavy atom. The molecule has 4 aliphatic rings. The van der Waals surface area contributed by atoms with E-state index in [-0.39, 0.29) is 17.0 Å². The highest BCUT2D eigenvalue weighted by molar-refractivity contribution is 6.15. The highest BCUT2D eigenvalue weighted by Gasteiger charge is 2.37. The van der Waals surface area contributed by atoms with Crippen molar-refractivity contribution in [1.29, 1.82) is 5.26 Å². The summed E-state index contributed by atoms with van der Waals surface area (Å²) in [6.07, 6.45) is 0. The number of nitriles is 1. The van der Waals surface area contributed by atoms with Crippen molar-refractivity contribution in [2.45, 2.75) is 19.3 Å². The van der Waals surface area contributed by atoms with Crippen LogP contribution in [-0.4, -0.2) is 0 Å². The first kappa shape index (κ1) is 79.3. The molecule has 5 heterocycles. The van der Waals surface area contributed by atoms with Crippen molar-refractivity contribution < 1.29 is 31.8 Å². The van der Waals surface area contributed by atoms with Gasteiger partial charge >= 0.3 is 0 Å². The number of benzene rings is 21. The van der Waals surface area contributed by atoms with Gasteiger partial charge in [-0.3, -0.25) is 0 Å². The predicted molar refractivity (Wildman–Crippen MR) is 545 cm³/mol. The number of rotatable bonds is 12. The molecule has 9 nitrogen and oxygen atoms in total. The maximum absolute atomic E-state index is 14.0. The summed E-state index contributed by atoms with van der Waals surface area (Å²) >= 11 is 0. The van der Waals surface area contributed by atoms with Crippen LogP contribution in [0.5, 0.6) is 34.5 Å². The van der Waals surface area contributed by atoms with E-state index < -0.39 is 0 Å². The first-order valence-corrected chi connectivity index (χ1v) is 45.2. The van der Waals surface area contributed by atoms with Crippen LogP contribution in [0.3, 0.4) is 0 Å². The van der Waals surface area contributed by atoms with E-state index in [1.54, 1.807) is 12.1 Å². The Balaban J connectivity index is 0.000000109. The Hall–Kier alpha value is -17.9. The second kappa shape index (κ2) is 32.1. The van der Waals surface area contributed by atoms with Gasteiger partial charge in [-0.25, -0.2) is 8.78 Å². The third-order valence-electron chi connectivity index (χ3n) is 27.0. The molecule has 27 rings (SSSR count). The lowest BCUT2D eigenvalue weighted by molar-refractivity contribution is 0.487. The highest BCUT2D eigenvalue weighted by atomic mass is 19.1. The van der Waals surface area contributed by atoms with Crippen molar-refractivity contribution in [2.24, 2.45) is 0 Å². The second-order valence-electron chi connectivity index (χ2n) is 35.0. The van der Waals surface area contributed by atoms with Crippen molar-refractivity contribution in [2.75, 3.05) is 14.7 Å². The maximum atomic E-state index is 14.0. The number of furan rings is 2. The maximum Gasteiger partial charge on any atom is 0.159 e. The minimum atomic E-state index is -0.277. The largest absolute Gasteiger partial charge is 0.456 e. The molecule has 0 bridgehead atoms. The van der Waals surface area contributed by atoms with Gasteiger partial charge in [0.1, 0.15) is 62.9 Å². The Labute approximate surface area is 776 Å². The number of hydrogen-bond acceptors (Lipinski definition) is 9. The first-order valence-electron chi connectivity index (χ1n) is 45.2. The molecule has 23 aromatic rings. The van der Waals surface area contributed by atoms with Gasteiger partial charge < -0.3 is 37.7 Å². The number of hydrogen-bond donors (Lipinski definition) is 0. The molecule has 0 amide bonds. The summed E-state index contributed by atoms with van der Waals surface area (Å²) < 4.78 is 59.4. The third-order valence-corrected chi connectivity index (χ3v) is 27.0. The van der Waals surface area contributed by atoms with E-state index in [9.17, 15) is 14.0 Å². The lowest BCUT2D eigenvalue weighted by Crippen LogP contribution is -2.16. The molecule has 0 fully saturated rings. The van der Waals surface area contributed by atoms with Crippen molar-refractivity contribution in [1.82, 2.24) is 0 Å². The summed E-state index contributed by atoms with van der Waals surface area (Å²) in [6, 6.07) is 150. The minimum Gasteiger partial charge on any atom is -0.456 e. The van der Waals surface area contributed by atoms with Crippen LogP contribution in [0.4, 0.5) is 60.0 Å². The van der Waals surface area contributed by atoms with Gasteiger partial charge in [0.05, 0.1) is 23.0 Å². The lowest BCUT2D eigenvalue weighted by atomic mass is 9.82. The quantitative estimate of drug-likeness (QED) is 0.119. The van der Waals surface area contributed by atoms with Crippen LogP contribution < -0.4 is 28.9 Å². The molecule has 135 heavy (non-hydrogen) atoms. The van der Waals surface area contributed by atoms with Gasteiger partial charge in [-0.1, -0.05) is 263 Å². The predicted octanol–water partition coefficient (Wildman–Crippen LogP) is 35.5. The molecule has 11 heteroatoms. The minimum absolute atomic E-state index is 0.115. The van der Waals surface area contributed by atoms with Crippen LogP contribution in [0, 0.1) is 23.0 Å². The zero-order valence-corrected chi connectivity index (χ0v) is 73.2.